The number of hydrogen-bond acceptors (Lipinski definition) is 1. The van der Waals surface area contributed by atoms with E-state index in [0.717, 1.165) is 0 Å². The summed E-state index contributed by atoms with van der Waals surface area (Å²) in [7, 11) is 0. The Morgan fingerprint density at radius 2 is 1.28 bits per heavy atom. The quantitative estimate of drug-likeness (QED) is 0.148. The Balaban J connectivity index is 1.43. The van der Waals surface area contributed by atoms with E-state index in [1.165, 1.54) is 75.5 Å². The van der Waals surface area contributed by atoms with E-state index in [9.17, 15) is 0 Å². The minimum atomic E-state index is 0.225. The van der Waals surface area contributed by atoms with Gasteiger partial charge in [-0.25, -0.2) is 0 Å². The van der Waals surface area contributed by atoms with Gasteiger partial charge in [-0.05, 0) is 90.2 Å². The molecule has 2 aliphatic carbocycles. The highest BCUT2D eigenvalue weighted by Gasteiger charge is 2.35. The van der Waals surface area contributed by atoms with Gasteiger partial charge in [0.1, 0.15) is 0 Å². The smallest absolute Gasteiger partial charge is 0.0396 e. The number of hydrogen-bond donors (Lipinski definition) is 0. The number of fused-ring (bicyclic) bond motifs is 7. The lowest BCUT2D eigenvalue weighted by molar-refractivity contribution is 0.672. The van der Waals surface area contributed by atoms with Crippen LogP contribution in [0.4, 0.5) is 0 Å². The van der Waals surface area contributed by atoms with Crippen LogP contribution in [0.3, 0.4) is 0 Å². The monoisotopic (exact) mass is 564 g/mol. The van der Waals surface area contributed by atoms with Gasteiger partial charge in [-0.3, -0.25) is 0 Å². The summed E-state index contributed by atoms with van der Waals surface area (Å²) < 4.78 is 1.30. The molecular formula is C42H28S. The van der Waals surface area contributed by atoms with Crippen LogP contribution in [0.25, 0.3) is 59.5 Å². The third-order valence-electron chi connectivity index (χ3n) is 8.96. The molecule has 2 unspecified atom stereocenters. The molecule has 0 saturated heterocycles. The van der Waals surface area contributed by atoms with Crippen molar-refractivity contribution in [2.24, 2.45) is 5.92 Å². The fourth-order valence-corrected chi connectivity index (χ4v) is 8.50. The predicted molar refractivity (Wildman–Crippen MR) is 187 cm³/mol. The molecule has 0 spiro atoms. The molecule has 8 rings (SSSR count). The average molecular weight is 565 g/mol. The summed E-state index contributed by atoms with van der Waals surface area (Å²) in [5, 5.41) is 6.42. The van der Waals surface area contributed by atoms with E-state index in [-0.39, 0.29) is 11.8 Å². The van der Waals surface area contributed by atoms with Crippen molar-refractivity contribution in [3.63, 3.8) is 0 Å². The van der Waals surface area contributed by atoms with Crippen molar-refractivity contribution in [1.82, 2.24) is 0 Å². The van der Waals surface area contributed by atoms with Crippen LogP contribution in [0.15, 0.2) is 152 Å². The molecule has 5 aromatic carbocycles. The highest BCUT2D eigenvalue weighted by Crippen LogP contribution is 2.53. The van der Waals surface area contributed by atoms with E-state index in [1.807, 2.05) is 23.5 Å². The number of allylic oxidation sites excluding steroid dienone is 9. The molecule has 2 atom stereocenters. The summed E-state index contributed by atoms with van der Waals surface area (Å²) in [4.78, 5) is 1.30. The van der Waals surface area contributed by atoms with Crippen LogP contribution < -0.4 is 0 Å². The second kappa shape index (κ2) is 10.3. The van der Waals surface area contributed by atoms with E-state index in [1.54, 1.807) is 0 Å². The van der Waals surface area contributed by atoms with Crippen LogP contribution in [0, 0.1) is 18.3 Å². The van der Waals surface area contributed by atoms with E-state index >= 15 is 0 Å². The second-order valence-corrected chi connectivity index (χ2v) is 12.2. The maximum atomic E-state index is 5.64. The van der Waals surface area contributed by atoms with Crippen molar-refractivity contribution in [3.8, 4) is 34.6 Å². The van der Waals surface area contributed by atoms with Crippen LogP contribution in [0.5, 0.6) is 0 Å². The van der Waals surface area contributed by atoms with Gasteiger partial charge in [-0.15, -0.1) is 17.8 Å². The average Bonchev–Trinajstić information content (AvgIpc) is 3.45. The molecule has 0 aliphatic heterocycles. The molecule has 0 saturated carbocycles. The highest BCUT2D eigenvalue weighted by atomic mass is 32.1. The number of thiophene rings is 1. The minimum Gasteiger partial charge on any atom is -0.135 e. The van der Waals surface area contributed by atoms with Crippen molar-refractivity contribution >= 4 is 48.5 Å². The first-order valence-corrected chi connectivity index (χ1v) is 15.5. The summed E-state index contributed by atoms with van der Waals surface area (Å²) in [5.41, 5.74) is 8.89. The topological polar surface area (TPSA) is 0 Å². The Morgan fingerprint density at radius 1 is 0.674 bits per heavy atom. The fourth-order valence-electron chi connectivity index (χ4n) is 7.20. The molecule has 1 heteroatoms. The second-order valence-electron chi connectivity index (χ2n) is 11.2. The SMILES string of the molecule is C#C/C=C\C1=C(C=C)c2sc3ccc(-c4c5ccccc5c(-c5ccccc5)c5ccccc45)cc3c2C2C=CC=CC12. The summed E-state index contributed by atoms with van der Waals surface area (Å²) in [6.45, 7) is 4.24. The molecule has 2 aliphatic rings. The van der Waals surface area contributed by atoms with Crippen molar-refractivity contribution in [2.75, 3.05) is 0 Å². The summed E-state index contributed by atoms with van der Waals surface area (Å²) in [5.74, 6) is 3.16. The third kappa shape index (κ3) is 3.92. The Hall–Kier alpha value is -5.16. The maximum Gasteiger partial charge on any atom is 0.0396 e. The lowest BCUT2D eigenvalue weighted by atomic mass is 9.71. The first kappa shape index (κ1) is 25.5. The molecule has 43 heavy (non-hydrogen) atoms. The van der Waals surface area contributed by atoms with E-state index in [4.69, 9.17) is 6.42 Å². The molecule has 0 nitrogen and oxygen atoms in total. The van der Waals surface area contributed by atoms with E-state index < -0.39 is 0 Å². The molecular weight excluding hydrogens is 537 g/mol. The molecule has 1 aromatic heterocycles. The largest absolute Gasteiger partial charge is 0.135 e. The number of benzene rings is 5. The maximum absolute atomic E-state index is 5.64. The molecule has 0 fully saturated rings. The van der Waals surface area contributed by atoms with Crippen LogP contribution in [-0.4, -0.2) is 0 Å². The minimum absolute atomic E-state index is 0.225. The Morgan fingerprint density at radius 3 is 1.91 bits per heavy atom. The van der Waals surface area contributed by atoms with Gasteiger partial charge in [0.05, 0.1) is 0 Å². The van der Waals surface area contributed by atoms with Crippen molar-refractivity contribution in [3.05, 3.63) is 162 Å². The van der Waals surface area contributed by atoms with Crippen LogP contribution in [-0.2, 0) is 0 Å². The van der Waals surface area contributed by atoms with Gasteiger partial charge >= 0.3 is 0 Å². The molecule has 0 N–H and O–H groups in total. The van der Waals surface area contributed by atoms with E-state index in [0.29, 0.717) is 0 Å². The zero-order valence-corrected chi connectivity index (χ0v) is 24.4. The molecule has 1 heterocycles. The zero-order chi connectivity index (χ0) is 28.9. The summed E-state index contributed by atoms with van der Waals surface area (Å²) >= 11 is 1.86. The van der Waals surface area contributed by atoms with Gasteiger partial charge in [0, 0.05) is 21.4 Å². The van der Waals surface area contributed by atoms with Gasteiger partial charge in [0.2, 0.25) is 0 Å². The highest BCUT2D eigenvalue weighted by molar-refractivity contribution is 7.20. The first-order chi connectivity index (χ1) is 21.3. The van der Waals surface area contributed by atoms with Gasteiger partial charge < -0.3 is 0 Å². The molecule has 202 valence electrons. The molecule has 0 amide bonds. The standard InChI is InChI=1S/C42H28S/c1-3-5-17-30-29(4-2)42-41(32-19-10-9-18-31(30)32)37-26-28(24-25-38(37)43-42)40-35-22-13-11-20-33(35)39(27-15-7-6-8-16-27)34-21-12-14-23-36(34)40/h1,4-26,31-32H,2H2/b17-5-. The van der Waals surface area contributed by atoms with Gasteiger partial charge in [0.25, 0.3) is 0 Å². The van der Waals surface area contributed by atoms with Gasteiger partial charge in [0.15, 0.2) is 0 Å². The molecule has 6 aromatic rings. The summed E-state index contributed by atoms with van der Waals surface area (Å²) in [6.07, 6.45) is 20.6. The fraction of sp³-hybridized carbons (Fsp3) is 0.0476. The van der Waals surface area contributed by atoms with Crippen LogP contribution in [0.2, 0.25) is 0 Å². The molecule has 0 bridgehead atoms. The Bertz CT molecular complexity index is 2200. The first-order valence-electron chi connectivity index (χ1n) is 14.7. The van der Waals surface area contributed by atoms with E-state index in [2.05, 4.69) is 140 Å². The van der Waals surface area contributed by atoms with Gasteiger partial charge in [-0.1, -0.05) is 128 Å². The number of terminal acetylenes is 1. The summed E-state index contributed by atoms with van der Waals surface area (Å²) in [6, 6.07) is 35.6. The van der Waals surface area contributed by atoms with Crippen molar-refractivity contribution < 1.29 is 0 Å². The number of rotatable bonds is 4. The predicted octanol–water partition coefficient (Wildman–Crippen LogP) is 11.5. The third-order valence-corrected chi connectivity index (χ3v) is 10.2. The normalized spacial score (nSPS) is 17.5. The molecule has 0 radical (unpaired) electrons. The van der Waals surface area contributed by atoms with Gasteiger partial charge in [-0.2, -0.15) is 0 Å². The van der Waals surface area contributed by atoms with Crippen molar-refractivity contribution in [2.45, 2.75) is 5.92 Å². The zero-order valence-electron chi connectivity index (χ0n) is 23.6. The van der Waals surface area contributed by atoms with Crippen LogP contribution >= 0.6 is 11.3 Å². The lowest BCUT2D eigenvalue weighted by Crippen LogP contribution is -2.18. The van der Waals surface area contributed by atoms with Crippen molar-refractivity contribution in [1.29, 1.82) is 0 Å². The lowest BCUT2D eigenvalue weighted by Gasteiger charge is -2.32. The Labute approximate surface area is 256 Å². The van der Waals surface area contributed by atoms with Crippen LogP contribution in [0.1, 0.15) is 16.4 Å². The Kier molecular flexibility index (Phi) is 6.11.